The number of allylic oxidation sites excluding steroid dienone is 4. The predicted octanol–water partition coefficient (Wildman–Crippen LogP) is 23.5. The van der Waals surface area contributed by atoms with Gasteiger partial charge in [0.05, 0.1) is 25.4 Å². The fraction of sp³-hybridized carbons (Fsp3) is 0.892. The van der Waals surface area contributed by atoms with E-state index < -0.39 is 12.1 Å². The maximum atomic E-state index is 12.5. The molecule has 0 saturated carbocycles. The van der Waals surface area contributed by atoms with Crippen LogP contribution in [0.1, 0.15) is 399 Å². The Kier molecular flexibility index (Phi) is 67.9. The second-order valence-corrected chi connectivity index (χ2v) is 24.9. The van der Waals surface area contributed by atoms with Crippen LogP contribution in [0.4, 0.5) is 0 Å². The second kappa shape index (κ2) is 69.6. The van der Waals surface area contributed by atoms with Gasteiger partial charge in [-0.25, -0.2) is 0 Å². The molecule has 0 aromatic heterocycles. The van der Waals surface area contributed by atoms with Crippen LogP contribution in [-0.2, 0) is 14.3 Å². The quantitative estimate of drug-likeness (QED) is 0.0320. The number of aliphatic hydroxyl groups is 2. The van der Waals surface area contributed by atoms with E-state index in [1.807, 2.05) is 6.08 Å². The summed E-state index contributed by atoms with van der Waals surface area (Å²) in [6.45, 7) is 4.84. The summed E-state index contributed by atoms with van der Waals surface area (Å²) in [6, 6.07) is -0.634. The Balaban J connectivity index is 3.46. The Labute approximate surface area is 500 Å². The monoisotopic (exact) mass is 1120 g/mol. The van der Waals surface area contributed by atoms with Crippen molar-refractivity contribution in [2.45, 2.75) is 411 Å². The van der Waals surface area contributed by atoms with Gasteiger partial charge in [0.1, 0.15) is 0 Å². The summed E-state index contributed by atoms with van der Waals surface area (Å²) in [4.78, 5) is 24.6. The van der Waals surface area contributed by atoms with E-state index in [4.69, 9.17) is 4.74 Å². The number of aliphatic hydroxyl groups excluding tert-OH is 2. The lowest BCUT2D eigenvalue weighted by atomic mass is 10.0. The van der Waals surface area contributed by atoms with Crippen LogP contribution in [-0.4, -0.2) is 47.4 Å². The van der Waals surface area contributed by atoms with Gasteiger partial charge in [-0.05, 0) is 51.4 Å². The topological polar surface area (TPSA) is 95.9 Å². The molecule has 0 spiro atoms. The number of carbonyl (C=O) groups is 2. The molecule has 80 heavy (non-hydrogen) atoms. The first-order valence-corrected chi connectivity index (χ1v) is 36.3. The van der Waals surface area contributed by atoms with E-state index in [1.165, 1.54) is 321 Å². The Morgan fingerprint density at radius 2 is 0.625 bits per heavy atom. The maximum absolute atomic E-state index is 12.5. The Bertz CT molecular complexity index is 1300. The highest BCUT2D eigenvalue weighted by molar-refractivity contribution is 5.76. The standard InChI is InChI=1S/C74H141NO5/c1-3-5-7-9-11-13-15-17-19-21-22-23-24-25-26-28-31-35-38-42-46-50-54-58-62-66-72(77)71(70-76)75-73(78)67-63-59-55-51-47-43-39-36-32-29-27-30-33-37-41-45-49-53-57-61-65-69-80-74(79)68-64-60-56-52-48-44-40-34-20-18-16-14-12-10-8-6-4-2/h45,49,57,61-62,66,71-72,76-77H,3-44,46-48,50-56,58-60,63-65,67-70H2,1-2H3,(H,75,78)/b49-45-,61-57-,66-62+. The third kappa shape index (κ3) is 65.2. The third-order valence-electron chi connectivity index (χ3n) is 16.9. The maximum Gasteiger partial charge on any atom is 0.305 e. The summed E-state index contributed by atoms with van der Waals surface area (Å²) in [6.07, 6.45) is 89.6. The van der Waals surface area contributed by atoms with Gasteiger partial charge in [-0.1, -0.05) is 371 Å². The number of hydrogen-bond acceptors (Lipinski definition) is 5. The van der Waals surface area contributed by atoms with Gasteiger partial charge < -0.3 is 20.3 Å². The molecule has 0 heterocycles. The van der Waals surface area contributed by atoms with Gasteiger partial charge >= 0.3 is 5.97 Å². The summed E-state index contributed by atoms with van der Waals surface area (Å²) in [5.74, 6) is -0.0996. The van der Waals surface area contributed by atoms with Crippen LogP contribution in [0.25, 0.3) is 0 Å². The minimum Gasteiger partial charge on any atom is -0.465 e. The molecule has 0 aliphatic rings. The van der Waals surface area contributed by atoms with Crippen LogP contribution < -0.4 is 5.32 Å². The van der Waals surface area contributed by atoms with E-state index in [-0.39, 0.29) is 18.5 Å². The van der Waals surface area contributed by atoms with Crippen LogP contribution in [0.15, 0.2) is 36.5 Å². The number of carbonyl (C=O) groups excluding carboxylic acids is 2. The van der Waals surface area contributed by atoms with E-state index in [1.54, 1.807) is 6.08 Å². The average Bonchev–Trinajstić information content (AvgIpc) is 3.46. The van der Waals surface area contributed by atoms with E-state index >= 15 is 0 Å². The zero-order valence-electron chi connectivity index (χ0n) is 54.1. The molecule has 0 aromatic carbocycles. The molecule has 2 unspecified atom stereocenters. The molecule has 6 heteroatoms. The van der Waals surface area contributed by atoms with Crippen LogP contribution in [0.2, 0.25) is 0 Å². The summed E-state index contributed by atoms with van der Waals surface area (Å²) < 4.78 is 5.44. The van der Waals surface area contributed by atoms with Crippen LogP contribution in [0, 0.1) is 0 Å². The van der Waals surface area contributed by atoms with Crippen molar-refractivity contribution in [3.05, 3.63) is 36.5 Å². The molecule has 0 saturated heterocycles. The lowest BCUT2D eigenvalue weighted by molar-refractivity contribution is -0.143. The van der Waals surface area contributed by atoms with E-state index in [0.29, 0.717) is 19.4 Å². The van der Waals surface area contributed by atoms with Crippen molar-refractivity contribution < 1.29 is 24.5 Å². The summed E-state index contributed by atoms with van der Waals surface area (Å²) in [7, 11) is 0. The lowest BCUT2D eigenvalue weighted by Gasteiger charge is -2.20. The zero-order valence-corrected chi connectivity index (χ0v) is 54.1. The summed E-state index contributed by atoms with van der Waals surface area (Å²) in [5, 5.41) is 23.3. The van der Waals surface area contributed by atoms with Gasteiger partial charge in [0, 0.05) is 12.8 Å². The number of unbranched alkanes of at least 4 members (excludes halogenated alkanes) is 53. The second-order valence-electron chi connectivity index (χ2n) is 24.9. The summed E-state index contributed by atoms with van der Waals surface area (Å²) in [5.41, 5.74) is 0. The molecule has 472 valence electrons. The van der Waals surface area contributed by atoms with Gasteiger partial charge in [0.15, 0.2) is 0 Å². The number of hydrogen-bond donors (Lipinski definition) is 3. The fourth-order valence-corrected chi connectivity index (χ4v) is 11.4. The molecule has 0 fully saturated rings. The molecule has 2 atom stereocenters. The first-order valence-electron chi connectivity index (χ1n) is 36.3. The van der Waals surface area contributed by atoms with Crippen molar-refractivity contribution in [3.63, 3.8) is 0 Å². The molecule has 0 aliphatic carbocycles. The van der Waals surface area contributed by atoms with Gasteiger partial charge in [-0.2, -0.15) is 0 Å². The fourth-order valence-electron chi connectivity index (χ4n) is 11.4. The predicted molar refractivity (Wildman–Crippen MR) is 352 cm³/mol. The Morgan fingerprint density at radius 3 is 0.950 bits per heavy atom. The number of amides is 1. The minimum atomic E-state index is -0.850. The zero-order chi connectivity index (χ0) is 57.8. The average molecular weight is 1120 g/mol. The molecule has 3 N–H and O–H groups in total. The van der Waals surface area contributed by atoms with Gasteiger partial charge in [0.2, 0.25) is 5.91 Å². The largest absolute Gasteiger partial charge is 0.465 e. The van der Waals surface area contributed by atoms with Crippen molar-refractivity contribution in [2.75, 3.05) is 13.2 Å². The summed E-state index contributed by atoms with van der Waals surface area (Å²) >= 11 is 0. The third-order valence-corrected chi connectivity index (χ3v) is 16.9. The lowest BCUT2D eigenvalue weighted by Crippen LogP contribution is -2.45. The first kappa shape index (κ1) is 78.1. The van der Waals surface area contributed by atoms with Crippen molar-refractivity contribution in [3.8, 4) is 0 Å². The molecule has 6 nitrogen and oxygen atoms in total. The molecule has 0 bridgehead atoms. The van der Waals surface area contributed by atoms with E-state index in [0.717, 1.165) is 51.4 Å². The molecular formula is C74H141NO5. The van der Waals surface area contributed by atoms with Gasteiger partial charge in [-0.15, -0.1) is 0 Å². The number of esters is 1. The number of rotatable bonds is 68. The van der Waals surface area contributed by atoms with E-state index in [9.17, 15) is 19.8 Å². The number of nitrogens with one attached hydrogen (secondary N) is 1. The van der Waals surface area contributed by atoms with Gasteiger partial charge in [0.25, 0.3) is 0 Å². The van der Waals surface area contributed by atoms with Crippen molar-refractivity contribution in [1.29, 1.82) is 0 Å². The molecule has 0 aliphatic heterocycles. The van der Waals surface area contributed by atoms with Gasteiger partial charge in [-0.3, -0.25) is 9.59 Å². The highest BCUT2D eigenvalue weighted by Crippen LogP contribution is 2.19. The normalized spacial score (nSPS) is 12.7. The molecule has 0 radical (unpaired) electrons. The molecular weight excluding hydrogens is 983 g/mol. The molecule has 0 rings (SSSR count). The van der Waals surface area contributed by atoms with Crippen molar-refractivity contribution >= 4 is 11.9 Å². The van der Waals surface area contributed by atoms with Crippen LogP contribution in [0.5, 0.6) is 0 Å². The van der Waals surface area contributed by atoms with Crippen LogP contribution >= 0.6 is 0 Å². The molecule has 1 amide bonds. The van der Waals surface area contributed by atoms with Crippen molar-refractivity contribution in [2.24, 2.45) is 0 Å². The SMILES string of the molecule is CCCCCCCCCCCCCCCCCCCCCCCCC/C=C/C(O)C(CO)NC(=O)CCCCCCCCCCCCCCCC/C=C\C/C=C\CCOC(=O)CCCCCCCCCCCCCCCCCCC. The smallest absolute Gasteiger partial charge is 0.305 e. The van der Waals surface area contributed by atoms with Crippen LogP contribution in [0.3, 0.4) is 0 Å². The molecule has 0 aromatic rings. The Hall–Kier alpha value is -1.92. The minimum absolute atomic E-state index is 0.0311. The Morgan fingerprint density at radius 1 is 0.350 bits per heavy atom. The van der Waals surface area contributed by atoms with Crippen molar-refractivity contribution in [1.82, 2.24) is 5.32 Å². The number of ether oxygens (including phenoxy) is 1. The highest BCUT2D eigenvalue weighted by Gasteiger charge is 2.18. The first-order chi connectivity index (χ1) is 39.5. The van der Waals surface area contributed by atoms with E-state index in [2.05, 4.69) is 43.5 Å². The highest BCUT2D eigenvalue weighted by atomic mass is 16.5.